The van der Waals surface area contributed by atoms with E-state index in [-0.39, 0.29) is 12.5 Å². The summed E-state index contributed by atoms with van der Waals surface area (Å²) in [4.78, 5) is 26.7. The van der Waals surface area contributed by atoms with Crippen molar-refractivity contribution in [2.75, 3.05) is 25.1 Å². The second kappa shape index (κ2) is 11.5. The zero-order valence-corrected chi connectivity index (χ0v) is 22.7. The third kappa shape index (κ3) is 5.20. The number of esters is 1. The molecule has 2 aromatic heterocycles. The van der Waals surface area contributed by atoms with Crippen LogP contribution in [0, 0.1) is 6.92 Å². The van der Waals surface area contributed by atoms with Crippen LogP contribution in [0.4, 0.5) is 5.00 Å². The largest absolute Gasteiger partial charge is 0.494 e. The zero-order chi connectivity index (χ0) is 26.5. The Labute approximate surface area is 221 Å². The molecule has 0 fully saturated rings. The number of aryl methyl sites for hydroxylation is 2. The Bertz CT molecular complexity index is 1420. The molecular weight excluding hydrogens is 488 g/mol. The van der Waals surface area contributed by atoms with E-state index >= 15 is 0 Å². The summed E-state index contributed by atoms with van der Waals surface area (Å²) < 4.78 is 18.6. The molecule has 0 saturated heterocycles. The number of thiophene rings is 1. The summed E-state index contributed by atoms with van der Waals surface area (Å²) in [6.07, 6.45) is 0. The normalized spacial score (nSPS) is 10.9. The quantitative estimate of drug-likeness (QED) is 0.230. The molecule has 2 aromatic carbocycles. The second-order valence-electron chi connectivity index (χ2n) is 8.32. The van der Waals surface area contributed by atoms with Gasteiger partial charge in [0.15, 0.2) is 0 Å². The molecule has 0 unspecified atom stereocenters. The van der Waals surface area contributed by atoms with Crippen LogP contribution in [0.25, 0.3) is 22.0 Å². The number of amides is 1. The molecule has 8 heteroatoms. The highest BCUT2D eigenvalue weighted by atomic mass is 32.1. The van der Waals surface area contributed by atoms with Gasteiger partial charge in [-0.05, 0) is 76.1 Å². The van der Waals surface area contributed by atoms with Crippen molar-refractivity contribution in [1.29, 1.82) is 0 Å². The highest BCUT2D eigenvalue weighted by Gasteiger charge is 2.26. The number of fused-ring (bicyclic) bond motifs is 1. The molecule has 0 aliphatic heterocycles. The topological polar surface area (TPSA) is 78.8 Å². The number of anilines is 1. The summed E-state index contributed by atoms with van der Waals surface area (Å²) in [7, 11) is 0. The van der Waals surface area contributed by atoms with Crippen LogP contribution in [0.15, 0.2) is 47.8 Å². The van der Waals surface area contributed by atoms with Crippen molar-refractivity contribution in [3.8, 4) is 22.6 Å². The van der Waals surface area contributed by atoms with E-state index in [2.05, 4.69) is 5.32 Å². The zero-order valence-electron chi connectivity index (χ0n) is 21.8. The van der Waals surface area contributed by atoms with Gasteiger partial charge in [0.1, 0.15) is 27.8 Å². The van der Waals surface area contributed by atoms with Gasteiger partial charge in [-0.15, -0.1) is 11.3 Å². The third-order valence-electron chi connectivity index (χ3n) is 6.10. The van der Waals surface area contributed by atoms with Crippen LogP contribution in [0.2, 0.25) is 0 Å². The first-order chi connectivity index (χ1) is 17.9. The van der Waals surface area contributed by atoms with Gasteiger partial charge in [0.2, 0.25) is 0 Å². The summed E-state index contributed by atoms with van der Waals surface area (Å²) >= 11 is 1.30. The Balaban J connectivity index is 1.74. The predicted octanol–water partition coefficient (Wildman–Crippen LogP) is 6.92. The van der Waals surface area contributed by atoms with Crippen molar-refractivity contribution >= 4 is 39.1 Å². The Hall–Kier alpha value is -3.78. The molecule has 0 bridgehead atoms. The monoisotopic (exact) mass is 520 g/mol. The first-order valence-electron chi connectivity index (χ1n) is 12.5. The van der Waals surface area contributed by atoms with Crippen LogP contribution in [0.5, 0.6) is 11.5 Å². The van der Waals surface area contributed by atoms with Crippen molar-refractivity contribution in [1.82, 2.24) is 4.57 Å². The molecule has 1 N–H and O–H groups in total. The number of nitrogens with one attached hydrogen (secondary N) is 1. The molecule has 0 atom stereocenters. The molecule has 194 valence electrons. The van der Waals surface area contributed by atoms with E-state index in [1.54, 1.807) is 6.92 Å². The van der Waals surface area contributed by atoms with Gasteiger partial charge in [-0.1, -0.05) is 12.1 Å². The highest BCUT2D eigenvalue weighted by molar-refractivity contribution is 7.15. The minimum atomic E-state index is -0.475. The van der Waals surface area contributed by atoms with Gasteiger partial charge in [0.05, 0.1) is 19.8 Å². The van der Waals surface area contributed by atoms with E-state index < -0.39 is 5.97 Å². The van der Waals surface area contributed by atoms with Crippen LogP contribution in [-0.4, -0.2) is 36.3 Å². The standard InChI is InChI=1S/C29H32N2O5S/c1-6-31-24-15-14-21(35-8-3)16-22(24)18(5)26(31)27(32)30-28-25(29(33)36-9-4)23(17-37-28)19-10-12-20(13-11-19)34-7-2/h10-17H,6-9H2,1-5H3,(H,30,32). The maximum atomic E-state index is 13.7. The molecule has 4 aromatic rings. The number of aromatic nitrogens is 1. The molecule has 37 heavy (non-hydrogen) atoms. The van der Waals surface area contributed by atoms with Gasteiger partial charge in [-0.25, -0.2) is 4.79 Å². The van der Waals surface area contributed by atoms with Crippen LogP contribution >= 0.6 is 11.3 Å². The third-order valence-corrected chi connectivity index (χ3v) is 7.00. The van der Waals surface area contributed by atoms with E-state index in [0.29, 0.717) is 41.6 Å². The van der Waals surface area contributed by atoms with E-state index in [9.17, 15) is 9.59 Å². The van der Waals surface area contributed by atoms with E-state index in [4.69, 9.17) is 14.2 Å². The molecule has 0 saturated carbocycles. The fraction of sp³-hybridized carbons (Fsp3) is 0.310. The minimum absolute atomic E-state index is 0.232. The lowest BCUT2D eigenvalue weighted by atomic mass is 10.0. The highest BCUT2D eigenvalue weighted by Crippen LogP contribution is 2.38. The summed E-state index contributed by atoms with van der Waals surface area (Å²) in [5.41, 5.74) is 4.26. The number of nitrogens with zero attached hydrogens (tertiary/aromatic N) is 1. The Kier molecular flexibility index (Phi) is 8.18. The predicted molar refractivity (Wildman–Crippen MR) is 148 cm³/mol. The maximum absolute atomic E-state index is 13.7. The number of rotatable bonds is 10. The summed E-state index contributed by atoms with van der Waals surface area (Å²) in [5.74, 6) is 0.764. The van der Waals surface area contributed by atoms with Gasteiger partial charge in [0, 0.05) is 28.4 Å². The number of carbonyl (C=O) groups excluding carboxylic acids is 2. The first-order valence-corrected chi connectivity index (χ1v) is 13.4. The number of hydrogen-bond donors (Lipinski definition) is 1. The van der Waals surface area contributed by atoms with Gasteiger partial charge in [0.25, 0.3) is 5.91 Å². The van der Waals surface area contributed by atoms with Crippen molar-refractivity contribution in [3.05, 3.63) is 64.7 Å². The van der Waals surface area contributed by atoms with E-state index in [1.165, 1.54) is 11.3 Å². The Morgan fingerprint density at radius 3 is 2.24 bits per heavy atom. The molecule has 2 heterocycles. The number of ether oxygens (including phenoxy) is 3. The van der Waals surface area contributed by atoms with Crippen LogP contribution in [0.1, 0.15) is 54.1 Å². The Morgan fingerprint density at radius 2 is 1.59 bits per heavy atom. The smallest absolute Gasteiger partial charge is 0.341 e. The lowest BCUT2D eigenvalue weighted by molar-refractivity contribution is 0.0529. The molecule has 0 aliphatic rings. The summed E-state index contributed by atoms with van der Waals surface area (Å²) in [6.45, 7) is 11.6. The molecule has 1 amide bonds. The molecular formula is C29H32N2O5S. The number of hydrogen-bond acceptors (Lipinski definition) is 6. The SMILES string of the molecule is CCOC(=O)c1c(-c2ccc(OCC)cc2)csc1NC(=O)c1c(C)c2cc(OCC)ccc2n1CC. The Morgan fingerprint density at radius 1 is 0.919 bits per heavy atom. The van der Waals surface area contributed by atoms with Gasteiger partial charge in [-0.3, -0.25) is 4.79 Å². The number of carbonyl (C=O) groups is 2. The first kappa shape index (κ1) is 26.3. The van der Waals surface area contributed by atoms with Crippen molar-refractivity contribution in [2.24, 2.45) is 0 Å². The van der Waals surface area contributed by atoms with Crippen LogP contribution < -0.4 is 14.8 Å². The van der Waals surface area contributed by atoms with E-state index in [0.717, 1.165) is 33.5 Å². The average molecular weight is 521 g/mol. The van der Waals surface area contributed by atoms with Gasteiger partial charge < -0.3 is 24.1 Å². The average Bonchev–Trinajstić information content (AvgIpc) is 3.43. The van der Waals surface area contributed by atoms with Crippen LogP contribution in [0.3, 0.4) is 0 Å². The summed E-state index contributed by atoms with van der Waals surface area (Å²) in [5, 5.41) is 6.29. The molecule has 0 aliphatic carbocycles. The second-order valence-corrected chi connectivity index (χ2v) is 9.19. The van der Waals surface area contributed by atoms with Crippen molar-refractivity contribution in [3.63, 3.8) is 0 Å². The molecule has 4 rings (SSSR count). The lowest BCUT2D eigenvalue weighted by Gasteiger charge is -2.11. The lowest BCUT2D eigenvalue weighted by Crippen LogP contribution is -2.19. The fourth-order valence-electron chi connectivity index (χ4n) is 4.51. The fourth-order valence-corrected chi connectivity index (χ4v) is 5.46. The van der Waals surface area contributed by atoms with Crippen molar-refractivity contribution < 1.29 is 23.8 Å². The summed E-state index contributed by atoms with van der Waals surface area (Å²) in [6, 6.07) is 13.4. The molecule has 0 radical (unpaired) electrons. The molecule has 7 nitrogen and oxygen atoms in total. The minimum Gasteiger partial charge on any atom is -0.494 e. The van der Waals surface area contributed by atoms with Crippen molar-refractivity contribution in [2.45, 2.75) is 41.2 Å². The van der Waals surface area contributed by atoms with Crippen LogP contribution in [-0.2, 0) is 11.3 Å². The van der Waals surface area contributed by atoms with Gasteiger partial charge in [-0.2, -0.15) is 0 Å². The molecule has 0 spiro atoms. The van der Waals surface area contributed by atoms with E-state index in [1.807, 2.05) is 80.1 Å². The number of benzene rings is 2. The van der Waals surface area contributed by atoms with Gasteiger partial charge >= 0.3 is 5.97 Å². The maximum Gasteiger partial charge on any atom is 0.341 e.